The fourth-order valence-corrected chi connectivity index (χ4v) is 11.3. The number of hydrogen-bond donors (Lipinski definition) is 5. The van der Waals surface area contributed by atoms with Crippen molar-refractivity contribution in [1.29, 1.82) is 0 Å². The quantitative estimate of drug-likeness (QED) is 0.0252. The number of ketones is 4. The fourth-order valence-electron chi connectivity index (χ4n) is 11.3. The predicted molar refractivity (Wildman–Crippen MR) is 280 cm³/mol. The van der Waals surface area contributed by atoms with Crippen molar-refractivity contribution >= 4 is 42.1 Å². The normalized spacial score (nSPS) is 22.3. The Morgan fingerprint density at radius 3 is 2.04 bits per heavy atom. The van der Waals surface area contributed by atoms with Gasteiger partial charge in [-0.05, 0) is 129 Å². The molecule has 390 valence electrons. The summed E-state index contributed by atoms with van der Waals surface area (Å²) in [5, 5.41) is 26.3. The summed E-state index contributed by atoms with van der Waals surface area (Å²) in [4.78, 5) is 82.1. The van der Waals surface area contributed by atoms with E-state index >= 15 is 0 Å². The van der Waals surface area contributed by atoms with Crippen molar-refractivity contribution in [3.63, 3.8) is 0 Å². The van der Waals surface area contributed by atoms with E-state index in [0.717, 1.165) is 43.2 Å². The number of aromatic hydroxyl groups is 1. The maximum absolute atomic E-state index is 14.1. The zero-order chi connectivity index (χ0) is 52.3. The second-order valence-electron chi connectivity index (χ2n) is 22.1. The molecule has 10 atom stereocenters. The molecule has 2 bridgehead atoms. The van der Waals surface area contributed by atoms with Crippen LogP contribution in [0.2, 0.25) is 5.82 Å². The van der Waals surface area contributed by atoms with Gasteiger partial charge in [-0.1, -0.05) is 108 Å². The maximum Gasteiger partial charge on any atom is 0.461 e. The molecule has 6 N–H and O–H groups in total. The van der Waals surface area contributed by atoms with E-state index in [0.29, 0.717) is 55.2 Å². The molecule has 1 saturated heterocycles. The third kappa shape index (κ3) is 14.2. The summed E-state index contributed by atoms with van der Waals surface area (Å²) in [6.07, 6.45) is 5.83. The minimum Gasteiger partial charge on any atom is -0.508 e. The van der Waals surface area contributed by atoms with E-state index in [4.69, 9.17) is 15.0 Å². The van der Waals surface area contributed by atoms with Crippen LogP contribution in [0.5, 0.6) is 5.75 Å². The molecule has 3 saturated carbocycles. The zero-order valence-corrected chi connectivity index (χ0v) is 43.8. The molecule has 3 aromatic carbocycles. The number of nitrogens with one attached hydrogen (secondary N) is 2. The van der Waals surface area contributed by atoms with Gasteiger partial charge in [0.25, 0.3) is 0 Å². The van der Waals surface area contributed by atoms with Crippen LogP contribution < -0.4 is 16.4 Å². The standard InChI is InChI=1S/C58H80BN3O10/c1-8-9-13-39-17-21-41(22-18-39)42-23-25-43(26-24-42)49(66)16-12-15-47(65)33-44(14-10-11-29-60)56(70)62-54(38(4)63)51(68)30-36(2)55(69)61-48(32-40-19-27-46(64)28-20-40)50(67)31-37(3)59-71-53-35-45-34-52(57(45,5)6)58(53,7)72-59/h17-28,36-38,44-45,48,52-54,63-64H,8-16,29-35,60H2,1-7H3,(H,61,69)(H,62,70)/t36-,37-,38?,44-,45+,48+,52+,53?,54+,58+/m1/s1. The number of unbranched alkanes of at least 4 members (excludes halogenated alkanes) is 2. The van der Waals surface area contributed by atoms with E-state index in [1.165, 1.54) is 24.6 Å². The molecule has 2 amide bonds. The lowest BCUT2D eigenvalue weighted by Gasteiger charge is -2.64. The number of aliphatic hydroxyl groups excluding tert-OH is 1. The Kier molecular flexibility index (Phi) is 19.8. The number of rotatable bonds is 29. The first-order chi connectivity index (χ1) is 34.2. The lowest BCUT2D eigenvalue weighted by Crippen LogP contribution is -2.65. The highest BCUT2D eigenvalue weighted by atomic mass is 16.7. The molecule has 0 aromatic heterocycles. The van der Waals surface area contributed by atoms with E-state index < -0.39 is 60.3 Å². The van der Waals surface area contributed by atoms with Crippen molar-refractivity contribution in [2.75, 3.05) is 6.54 Å². The van der Waals surface area contributed by atoms with Crippen molar-refractivity contribution in [3.05, 3.63) is 89.5 Å². The second-order valence-corrected chi connectivity index (χ2v) is 22.1. The summed E-state index contributed by atoms with van der Waals surface area (Å²) in [5.41, 5.74) is 10.1. The van der Waals surface area contributed by atoms with Crippen LogP contribution in [0.15, 0.2) is 72.8 Å². The van der Waals surface area contributed by atoms with Crippen molar-refractivity contribution in [2.24, 2.45) is 34.8 Å². The maximum atomic E-state index is 14.1. The van der Waals surface area contributed by atoms with Gasteiger partial charge in [0, 0.05) is 49.5 Å². The Morgan fingerprint density at radius 1 is 0.764 bits per heavy atom. The largest absolute Gasteiger partial charge is 0.508 e. The van der Waals surface area contributed by atoms with Gasteiger partial charge in [0.05, 0.1) is 23.9 Å². The molecule has 72 heavy (non-hydrogen) atoms. The summed E-state index contributed by atoms with van der Waals surface area (Å²) in [7, 11) is -0.582. The summed E-state index contributed by atoms with van der Waals surface area (Å²) in [5.74, 6) is -3.28. The van der Waals surface area contributed by atoms with E-state index in [2.05, 4.69) is 62.6 Å². The smallest absolute Gasteiger partial charge is 0.461 e. The highest BCUT2D eigenvalue weighted by Crippen LogP contribution is 2.66. The van der Waals surface area contributed by atoms with Crippen LogP contribution in [0.3, 0.4) is 0 Å². The number of aliphatic hydroxyl groups is 1. The van der Waals surface area contributed by atoms with Crippen LogP contribution in [0.25, 0.3) is 11.1 Å². The monoisotopic (exact) mass is 990 g/mol. The highest BCUT2D eigenvalue weighted by molar-refractivity contribution is 6.47. The minimum absolute atomic E-state index is 0.0455. The second kappa shape index (κ2) is 25.3. The van der Waals surface area contributed by atoms with Gasteiger partial charge in [-0.25, -0.2) is 0 Å². The van der Waals surface area contributed by atoms with Gasteiger partial charge in [-0.15, -0.1) is 0 Å². The number of hydrogen-bond acceptors (Lipinski definition) is 11. The van der Waals surface area contributed by atoms with E-state index in [1.807, 2.05) is 31.2 Å². The zero-order valence-electron chi connectivity index (χ0n) is 43.8. The number of nitrogens with two attached hydrogens (primary N) is 1. The van der Waals surface area contributed by atoms with Crippen molar-refractivity contribution < 1.29 is 48.3 Å². The van der Waals surface area contributed by atoms with Crippen LogP contribution in [-0.2, 0) is 46.1 Å². The fraction of sp³-hybridized carbons (Fsp3) is 0.586. The first-order valence-electron chi connectivity index (χ1n) is 26.6. The van der Waals surface area contributed by atoms with Crippen molar-refractivity contribution in [2.45, 2.75) is 180 Å². The van der Waals surface area contributed by atoms with Gasteiger partial charge in [0.1, 0.15) is 17.6 Å². The van der Waals surface area contributed by atoms with Gasteiger partial charge in [-0.2, -0.15) is 0 Å². The molecule has 3 aromatic rings. The van der Waals surface area contributed by atoms with Crippen LogP contribution in [0, 0.1) is 29.1 Å². The molecule has 13 nitrogen and oxygen atoms in total. The molecule has 0 radical (unpaired) electrons. The third-order valence-corrected chi connectivity index (χ3v) is 16.1. The summed E-state index contributed by atoms with van der Waals surface area (Å²) < 4.78 is 13.1. The molecule has 4 aliphatic rings. The lowest BCUT2D eigenvalue weighted by molar-refractivity contribution is -0.199. The number of amides is 2. The molecule has 1 aliphatic heterocycles. The van der Waals surface area contributed by atoms with E-state index in [9.17, 15) is 39.0 Å². The Bertz CT molecular complexity index is 2340. The van der Waals surface area contributed by atoms with Crippen LogP contribution in [-0.4, -0.2) is 88.7 Å². The van der Waals surface area contributed by atoms with Crippen LogP contribution in [0.1, 0.15) is 153 Å². The number of aryl methyl sites for hydroxylation is 1. The van der Waals surface area contributed by atoms with E-state index in [-0.39, 0.29) is 79.0 Å². The minimum atomic E-state index is -1.36. The molecular formula is C58H80BN3O10. The molecule has 0 spiro atoms. The SMILES string of the molecule is CCCCc1ccc(-c2ccc(C(=O)CCCC(=O)C[C@@H](CCCCN)C(=O)N[C@H](C(=O)C[C@@H](C)C(=O)N[C@@H](Cc3ccc(O)cc3)C(=O)C[C@@H](C)B3OC4C[C@@H]5C[C@@H](C5(C)C)[C@]4(C)O3)C(C)O)cc2)cc1. The summed E-state index contributed by atoms with van der Waals surface area (Å²) in [6.45, 7) is 14.1. The van der Waals surface area contributed by atoms with Gasteiger partial charge < -0.3 is 35.9 Å². The van der Waals surface area contributed by atoms with Crippen LogP contribution in [0.4, 0.5) is 0 Å². The highest BCUT2D eigenvalue weighted by Gasteiger charge is 2.68. The molecule has 3 aliphatic carbocycles. The van der Waals surface area contributed by atoms with Gasteiger partial charge in [0.15, 0.2) is 17.3 Å². The Hall–Kier alpha value is -5.02. The molecule has 7 rings (SSSR count). The Balaban J connectivity index is 1.01. The topological polar surface area (TPSA) is 211 Å². The van der Waals surface area contributed by atoms with Crippen LogP contribution >= 0.6 is 0 Å². The molecular weight excluding hydrogens is 909 g/mol. The van der Waals surface area contributed by atoms with E-state index in [1.54, 1.807) is 19.1 Å². The summed E-state index contributed by atoms with van der Waals surface area (Å²) >= 11 is 0. The molecule has 2 unspecified atom stereocenters. The van der Waals surface area contributed by atoms with Gasteiger partial charge in [0.2, 0.25) is 11.8 Å². The number of carbonyl (C=O) groups excluding carboxylic acids is 6. The molecule has 1 heterocycles. The number of phenolic OH excluding ortho intramolecular Hbond substituents is 1. The predicted octanol–water partition coefficient (Wildman–Crippen LogP) is 8.73. The van der Waals surface area contributed by atoms with Gasteiger partial charge in [-0.3, -0.25) is 28.8 Å². The molecule has 14 heteroatoms. The Labute approximate surface area is 427 Å². The van der Waals surface area contributed by atoms with Crippen molar-refractivity contribution in [3.8, 4) is 16.9 Å². The summed E-state index contributed by atoms with van der Waals surface area (Å²) in [6, 6.07) is 20.0. The number of carbonyl (C=O) groups is 6. The number of phenols is 1. The third-order valence-electron chi connectivity index (χ3n) is 16.1. The average molecular weight is 990 g/mol. The number of Topliss-reactive ketones (excluding diaryl/α,β-unsaturated/α-hetero) is 4. The lowest BCUT2D eigenvalue weighted by atomic mass is 9.43. The first kappa shape index (κ1) is 56.3. The van der Waals surface area contributed by atoms with Crippen molar-refractivity contribution in [1.82, 2.24) is 10.6 Å². The van der Waals surface area contributed by atoms with Gasteiger partial charge >= 0.3 is 7.12 Å². The number of benzene rings is 3. The first-order valence-corrected chi connectivity index (χ1v) is 26.6. The molecule has 4 fully saturated rings. The Morgan fingerprint density at radius 2 is 1.42 bits per heavy atom. The average Bonchev–Trinajstić information content (AvgIpc) is 3.72.